The summed E-state index contributed by atoms with van der Waals surface area (Å²) in [6, 6.07) is 10.7. The highest BCUT2D eigenvalue weighted by molar-refractivity contribution is 7.17. The molecule has 1 atom stereocenters. The number of ether oxygens (including phenoxy) is 1. The molecule has 1 amide bonds. The number of hydrogen-bond acceptors (Lipinski definition) is 5. The number of hydrogen-bond donors (Lipinski definition) is 1. The summed E-state index contributed by atoms with van der Waals surface area (Å²) in [6.07, 6.45) is 0.464. The minimum atomic E-state index is -0.669. The van der Waals surface area contributed by atoms with Crippen molar-refractivity contribution in [3.8, 4) is 5.75 Å². The Bertz CT molecular complexity index is 1240. The van der Waals surface area contributed by atoms with Crippen LogP contribution >= 0.6 is 11.3 Å². The van der Waals surface area contributed by atoms with Gasteiger partial charge in [0.15, 0.2) is 0 Å². The van der Waals surface area contributed by atoms with Gasteiger partial charge in [0.1, 0.15) is 23.1 Å². The van der Waals surface area contributed by atoms with Crippen molar-refractivity contribution < 1.29 is 9.53 Å². The van der Waals surface area contributed by atoms with Gasteiger partial charge in [0.05, 0.1) is 17.3 Å². The number of aromatic nitrogens is 3. The Kier molecular flexibility index (Phi) is 5.10. The molecule has 3 aromatic heterocycles. The third kappa shape index (κ3) is 3.40. The van der Waals surface area contributed by atoms with Crippen LogP contribution in [-0.2, 0) is 11.3 Å². The van der Waals surface area contributed by atoms with Gasteiger partial charge in [-0.25, -0.2) is 4.68 Å². The number of benzene rings is 1. The molecule has 0 aliphatic rings. The van der Waals surface area contributed by atoms with E-state index in [1.54, 1.807) is 18.4 Å². The zero-order valence-electron chi connectivity index (χ0n) is 16.5. The van der Waals surface area contributed by atoms with E-state index in [9.17, 15) is 9.59 Å². The van der Waals surface area contributed by atoms with Crippen molar-refractivity contribution in [2.24, 2.45) is 0 Å². The van der Waals surface area contributed by atoms with E-state index in [4.69, 9.17) is 4.74 Å². The summed E-state index contributed by atoms with van der Waals surface area (Å²) in [7, 11) is 1.61. The lowest BCUT2D eigenvalue weighted by Crippen LogP contribution is -2.39. The van der Waals surface area contributed by atoms with E-state index in [0.29, 0.717) is 24.3 Å². The summed E-state index contributed by atoms with van der Waals surface area (Å²) in [5.74, 6) is 1.21. The molecule has 150 valence electrons. The fourth-order valence-electron chi connectivity index (χ4n) is 3.53. The van der Waals surface area contributed by atoms with Gasteiger partial charge in [0.2, 0.25) is 5.91 Å². The van der Waals surface area contributed by atoms with E-state index in [2.05, 4.69) is 10.4 Å². The van der Waals surface area contributed by atoms with Gasteiger partial charge in [-0.15, -0.1) is 11.3 Å². The maximum absolute atomic E-state index is 13.1. The van der Waals surface area contributed by atoms with Crippen LogP contribution in [0.4, 0.5) is 0 Å². The number of nitrogens with zero attached hydrogens (tertiary/aromatic N) is 3. The van der Waals surface area contributed by atoms with Crippen molar-refractivity contribution in [2.75, 3.05) is 7.11 Å². The molecule has 3 heterocycles. The molecule has 0 unspecified atom stereocenters. The monoisotopic (exact) mass is 410 g/mol. The SMILES string of the molecule is CC[C@H](C(=O)NCc1ccc(OC)cc1)n1nc(C)n2c(cc3sccc32)c1=O. The highest BCUT2D eigenvalue weighted by Gasteiger charge is 2.23. The fourth-order valence-corrected chi connectivity index (χ4v) is 4.33. The summed E-state index contributed by atoms with van der Waals surface area (Å²) >= 11 is 1.58. The average Bonchev–Trinajstić information content (AvgIpc) is 3.32. The molecule has 0 bridgehead atoms. The molecule has 1 aromatic carbocycles. The molecule has 29 heavy (non-hydrogen) atoms. The molecule has 0 fully saturated rings. The van der Waals surface area contributed by atoms with Crippen LogP contribution in [0.15, 0.2) is 46.6 Å². The number of methoxy groups -OCH3 is 1. The standard InChI is InChI=1S/C21H22N4O3S/c1-4-16(20(26)22-12-14-5-7-15(28-3)8-6-14)25-21(27)18-11-19-17(9-10-29-19)24(18)13(2)23-25/h5-11,16H,4,12H2,1-3H3,(H,22,26)/t16-/m1/s1. The first kappa shape index (κ1) is 19.2. The molecule has 4 aromatic rings. The number of aryl methyl sites for hydroxylation is 1. The highest BCUT2D eigenvalue weighted by atomic mass is 32.1. The Balaban J connectivity index is 1.62. The highest BCUT2D eigenvalue weighted by Crippen LogP contribution is 2.25. The quantitative estimate of drug-likeness (QED) is 0.529. The minimum Gasteiger partial charge on any atom is -0.497 e. The Morgan fingerprint density at radius 3 is 2.69 bits per heavy atom. The second-order valence-electron chi connectivity index (χ2n) is 6.82. The van der Waals surface area contributed by atoms with Crippen molar-refractivity contribution >= 4 is 33.0 Å². The third-order valence-electron chi connectivity index (χ3n) is 5.04. The maximum atomic E-state index is 13.1. The number of rotatable bonds is 6. The van der Waals surface area contributed by atoms with Gasteiger partial charge in [-0.3, -0.25) is 14.0 Å². The minimum absolute atomic E-state index is 0.227. The Hall–Kier alpha value is -3.13. The molecule has 8 heteroatoms. The second-order valence-corrected chi connectivity index (χ2v) is 7.77. The van der Waals surface area contributed by atoms with Crippen molar-refractivity contribution in [2.45, 2.75) is 32.9 Å². The van der Waals surface area contributed by atoms with Crippen molar-refractivity contribution in [1.29, 1.82) is 0 Å². The molecule has 0 aliphatic heterocycles. The number of fused-ring (bicyclic) bond motifs is 3. The van der Waals surface area contributed by atoms with Crippen LogP contribution in [0.3, 0.4) is 0 Å². The van der Waals surface area contributed by atoms with Crippen LogP contribution in [0, 0.1) is 6.92 Å². The smallest absolute Gasteiger partial charge is 0.291 e. The lowest BCUT2D eigenvalue weighted by atomic mass is 10.2. The predicted octanol–water partition coefficient (Wildman–Crippen LogP) is 3.30. The largest absolute Gasteiger partial charge is 0.497 e. The van der Waals surface area contributed by atoms with Gasteiger partial charge in [-0.1, -0.05) is 19.1 Å². The first-order chi connectivity index (χ1) is 14.0. The number of nitrogens with one attached hydrogen (secondary N) is 1. The van der Waals surface area contributed by atoms with E-state index in [1.165, 1.54) is 4.68 Å². The third-order valence-corrected chi connectivity index (χ3v) is 5.89. The Morgan fingerprint density at radius 1 is 1.24 bits per heavy atom. The molecular weight excluding hydrogens is 388 g/mol. The van der Waals surface area contributed by atoms with Gasteiger partial charge >= 0.3 is 0 Å². The van der Waals surface area contributed by atoms with Gasteiger partial charge in [0.25, 0.3) is 5.56 Å². The molecule has 0 spiro atoms. The lowest BCUT2D eigenvalue weighted by molar-refractivity contribution is -0.125. The van der Waals surface area contributed by atoms with Crippen LogP contribution in [0.2, 0.25) is 0 Å². The van der Waals surface area contributed by atoms with Crippen molar-refractivity contribution in [3.63, 3.8) is 0 Å². The van der Waals surface area contributed by atoms with E-state index in [-0.39, 0.29) is 11.5 Å². The number of carbonyl (C=O) groups is 1. The van der Waals surface area contributed by atoms with Crippen molar-refractivity contribution in [3.05, 3.63) is 63.5 Å². The molecule has 4 rings (SSSR count). The van der Waals surface area contributed by atoms with Crippen LogP contribution in [-0.4, -0.2) is 27.2 Å². The van der Waals surface area contributed by atoms with Crippen LogP contribution in [0.25, 0.3) is 15.7 Å². The first-order valence-electron chi connectivity index (χ1n) is 9.42. The van der Waals surface area contributed by atoms with E-state index >= 15 is 0 Å². The van der Waals surface area contributed by atoms with Gasteiger partial charge < -0.3 is 10.1 Å². The van der Waals surface area contributed by atoms with Gasteiger partial charge in [0, 0.05) is 6.54 Å². The summed E-state index contributed by atoms with van der Waals surface area (Å²) in [5.41, 5.74) is 2.20. The molecular formula is C21H22N4O3S. The molecule has 0 saturated heterocycles. The summed E-state index contributed by atoms with van der Waals surface area (Å²) in [6.45, 7) is 4.10. The fraction of sp³-hybridized carbons (Fsp3) is 0.286. The molecule has 1 N–H and O–H groups in total. The summed E-state index contributed by atoms with van der Waals surface area (Å²) < 4.78 is 9.35. The normalized spacial score (nSPS) is 12.4. The second kappa shape index (κ2) is 7.71. The molecule has 0 saturated carbocycles. The van der Waals surface area contributed by atoms with E-state index < -0.39 is 6.04 Å². The van der Waals surface area contributed by atoms with E-state index in [1.807, 2.05) is 60.0 Å². The molecule has 0 radical (unpaired) electrons. The molecule has 0 aliphatic carbocycles. The Morgan fingerprint density at radius 2 is 2.00 bits per heavy atom. The summed E-state index contributed by atoms with van der Waals surface area (Å²) in [4.78, 5) is 25.9. The zero-order valence-corrected chi connectivity index (χ0v) is 17.3. The van der Waals surface area contributed by atoms with Crippen LogP contribution in [0.5, 0.6) is 5.75 Å². The van der Waals surface area contributed by atoms with Crippen molar-refractivity contribution in [1.82, 2.24) is 19.5 Å². The average molecular weight is 410 g/mol. The van der Waals surface area contributed by atoms with Gasteiger partial charge in [-0.2, -0.15) is 5.10 Å². The summed E-state index contributed by atoms with van der Waals surface area (Å²) in [5, 5.41) is 9.37. The zero-order chi connectivity index (χ0) is 20.5. The lowest BCUT2D eigenvalue weighted by Gasteiger charge is -2.18. The van der Waals surface area contributed by atoms with Crippen LogP contribution < -0.4 is 15.6 Å². The van der Waals surface area contributed by atoms with Crippen LogP contribution in [0.1, 0.15) is 30.8 Å². The number of amides is 1. The topological polar surface area (TPSA) is 77.6 Å². The number of carbonyl (C=O) groups excluding carboxylic acids is 1. The Labute approximate surface area is 171 Å². The van der Waals surface area contributed by atoms with E-state index in [0.717, 1.165) is 21.5 Å². The predicted molar refractivity (Wildman–Crippen MR) is 114 cm³/mol. The first-order valence-corrected chi connectivity index (χ1v) is 10.3. The molecule has 7 nitrogen and oxygen atoms in total. The number of thiophene rings is 1. The van der Waals surface area contributed by atoms with Gasteiger partial charge in [-0.05, 0) is 48.6 Å². The maximum Gasteiger partial charge on any atom is 0.291 e.